The summed E-state index contributed by atoms with van der Waals surface area (Å²) in [5, 5.41) is 3.23. The minimum absolute atomic E-state index is 0.262. The van der Waals surface area contributed by atoms with Gasteiger partial charge in [-0.05, 0) is 60.1 Å². The van der Waals surface area contributed by atoms with E-state index in [1.54, 1.807) is 0 Å². The Morgan fingerprint density at radius 2 is 1.61 bits per heavy atom. The summed E-state index contributed by atoms with van der Waals surface area (Å²) in [6, 6.07) is 13.1. The molecule has 0 radical (unpaired) electrons. The minimum atomic E-state index is -0.399. The summed E-state index contributed by atoms with van der Waals surface area (Å²) in [5.74, 6) is -0.329. The molecule has 0 aliphatic rings. The van der Waals surface area contributed by atoms with Gasteiger partial charge >= 0.3 is 0 Å². The number of benzene rings is 2. The van der Waals surface area contributed by atoms with Gasteiger partial charge < -0.3 is 5.32 Å². The molecule has 0 atom stereocenters. The third-order valence-corrected chi connectivity index (χ3v) is 3.44. The van der Waals surface area contributed by atoms with E-state index in [0.717, 1.165) is 5.69 Å². The maximum atomic E-state index is 12.8. The Labute approximate surface area is 140 Å². The third kappa shape index (κ3) is 5.03. The van der Waals surface area contributed by atoms with Crippen LogP contribution in [-0.4, -0.2) is 11.0 Å². The molecule has 0 saturated carbocycles. The van der Waals surface area contributed by atoms with Crippen molar-refractivity contribution in [1.82, 2.24) is 10.9 Å². The number of amides is 1. The van der Waals surface area contributed by atoms with E-state index in [1.165, 1.54) is 29.8 Å². The van der Waals surface area contributed by atoms with Crippen LogP contribution in [-0.2, 0) is 0 Å². The average molecular weight is 331 g/mol. The first kappa shape index (κ1) is 16.9. The Morgan fingerprint density at radius 1 is 1.00 bits per heavy atom. The van der Waals surface area contributed by atoms with E-state index in [9.17, 15) is 9.18 Å². The van der Waals surface area contributed by atoms with Gasteiger partial charge in [0.05, 0.1) is 0 Å². The fourth-order valence-corrected chi connectivity index (χ4v) is 2.07. The second kappa shape index (κ2) is 7.69. The number of nitrogens with one attached hydrogen (secondary N) is 3. The Kier molecular flexibility index (Phi) is 5.65. The topological polar surface area (TPSA) is 53.2 Å². The number of carbonyl (C=O) groups excluding carboxylic acids is 1. The number of thiocarbonyl (C=S) groups is 1. The van der Waals surface area contributed by atoms with Crippen molar-refractivity contribution in [3.8, 4) is 0 Å². The van der Waals surface area contributed by atoms with Crippen LogP contribution in [0.5, 0.6) is 0 Å². The van der Waals surface area contributed by atoms with Crippen molar-refractivity contribution in [3.63, 3.8) is 0 Å². The highest BCUT2D eigenvalue weighted by Gasteiger charge is 2.06. The number of hydrazine groups is 1. The summed E-state index contributed by atoms with van der Waals surface area (Å²) in [6.07, 6.45) is 0. The molecule has 0 aromatic heterocycles. The molecule has 0 spiro atoms. The molecule has 0 aliphatic carbocycles. The molecule has 0 saturated heterocycles. The van der Waals surface area contributed by atoms with Gasteiger partial charge in [-0.2, -0.15) is 0 Å². The maximum Gasteiger partial charge on any atom is 0.269 e. The molecule has 23 heavy (non-hydrogen) atoms. The van der Waals surface area contributed by atoms with Gasteiger partial charge in [-0.25, -0.2) is 4.39 Å². The lowest BCUT2D eigenvalue weighted by Gasteiger charge is -2.12. The van der Waals surface area contributed by atoms with E-state index in [4.69, 9.17) is 12.2 Å². The van der Waals surface area contributed by atoms with Crippen molar-refractivity contribution < 1.29 is 9.18 Å². The van der Waals surface area contributed by atoms with Gasteiger partial charge in [-0.15, -0.1) is 0 Å². The average Bonchev–Trinajstić information content (AvgIpc) is 2.54. The second-order valence-corrected chi connectivity index (χ2v) is 5.73. The van der Waals surface area contributed by atoms with Gasteiger partial charge in [0.2, 0.25) is 0 Å². The molecule has 0 fully saturated rings. The molecule has 0 bridgehead atoms. The maximum absolute atomic E-state index is 12.8. The first-order valence-electron chi connectivity index (χ1n) is 7.18. The summed E-state index contributed by atoms with van der Waals surface area (Å²) >= 11 is 5.11. The van der Waals surface area contributed by atoms with Gasteiger partial charge in [0.25, 0.3) is 5.91 Å². The van der Waals surface area contributed by atoms with Crippen LogP contribution in [0.15, 0.2) is 48.5 Å². The highest BCUT2D eigenvalue weighted by atomic mass is 32.1. The molecule has 120 valence electrons. The predicted octanol–water partition coefficient (Wildman–Crippen LogP) is 3.58. The lowest BCUT2D eigenvalue weighted by Crippen LogP contribution is -2.43. The van der Waals surface area contributed by atoms with Crippen LogP contribution in [0.2, 0.25) is 0 Å². The van der Waals surface area contributed by atoms with E-state index < -0.39 is 11.7 Å². The Bertz CT molecular complexity index is 684. The van der Waals surface area contributed by atoms with Crippen LogP contribution < -0.4 is 16.2 Å². The summed E-state index contributed by atoms with van der Waals surface area (Å²) < 4.78 is 12.8. The Morgan fingerprint density at radius 3 is 2.17 bits per heavy atom. The number of rotatable bonds is 3. The fraction of sp³-hybridized carbons (Fsp3) is 0.176. The zero-order chi connectivity index (χ0) is 16.8. The molecule has 0 unspecified atom stereocenters. The first-order valence-corrected chi connectivity index (χ1v) is 7.59. The van der Waals surface area contributed by atoms with Crippen molar-refractivity contribution in [2.24, 2.45) is 0 Å². The molecule has 6 heteroatoms. The van der Waals surface area contributed by atoms with Gasteiger partial charge in [-0.1, -0.05) is 26.0 Å². The van der Waals surface area contributed by atoms with Crippen molar-refractivity contribution in [3.05, 3.63) is 65.5 Å². The van der Waals surface area contributed by atoms with Gasteiger partial charge in [0.1, 0.15) is 5.82 Å². The van der Waals surface area contributed by atoms with Crippen molar-refractivity contribution in [2.75, 3.05) is 5.32 Å². The van der Waals surface area contributed by atoms with Crippen LogP contribution in [0, 0.1) is 5.82 Å². The molecule has 2 aromatic carbocycles. The van der Waals surface area contributed by atoms with E-state index >= 15 is 0 Å². The summed E-state index contributed by atoms with van der Waals surface area (Å²) in [4.78, 5) is 11.8. The van der Waals surface area contributed by atoms with E-state index in [-0.39, 0.29) is 5.11 Å². The van der Waals surface area contributed by atoms with Crippen LogP contribution >= 0.6 is 12.2 Å². The monoisotopic (exact) mass is 331 g/mol. The lowest BCUT2D eigenvalue weighted by molar-refractivity contribution is 0.0944. The summed E-state index contributed by atoms with van der Waals surface area (Å²) in [5.41, 5.74) is 7.45. The molecule has 3 N–H and O–H groups in total. The van der Waals surface area contributed by atoms with E-state index in [1.807, 2.05) is 24.3 Å². The van der Waals surface area contributed by atoms with Crippen molar-refractivity contribution >= 4 is 28.9 Å². The van der Waals surface area contributed by atoms with Gasteiger partial charge in [0, 0.05) is 11.3 Å². The number of halogens is 1. The van der Waals surface area contributed by atoms with Crippen molar-refractivity contribution in [1.29, 1.82) is 0 Å². The fourth-order valence-electron chi connectivity index (χ4n) is 1.90. The number of hydrogen-bond acceptors (Lipinski definition) is 2. The zero-order valence-corrected chi connectivity index (χ0v) is 13.7. The highest BCUT2D eigenvalue weighted by Crippen LogP contribution is 2.16. The quantitative estimate of drug-likeness (QED) is 0.594. The molecule has 0 aliphatic heterocycles. The second-order valence-electron chi connectivity index (χ2n) is 5.32. The summed E-state index contributed by atoms with van der Waals surface area (Å²) in [7, 11) is 0. The molecule has 1 amide bonds. The largest absolute Gasteiger partial charge is 0.331 e. The molecule has 0 heterocycles. The smallest absolute Gasteiger partial charge is 0.269 e. The van der Waals surface area contributed by atoms with Gasteiger partial charge in [0.15, 0.2) is 5.11 Å². The molecular weight excluding hydrogens is 313 g/mol. The Balaban J connectivity index is 1.85. The summed E-state index contributed by atoms with van der Waals surface area (Å²) in [6.45, 7) is 4.25. The molecular formula is C17H18FN3OS. The molecule has 2 rings (SSSR count). The standard InChI is InChI=1S/C17H18FN3OS/c1-11(2)12-5-9-15(10-6-12)19-17(23)21-20-16(22)13-3-7-14(18)8-4-13/h3-11H,1-2H3,(H,20,22)(H2,19,21,23). The molecule has 4 nitrogen and oxygen atoms in total. The molecule has 2 aromatic rings. The highest BCUT2D eigenvalue weighted by molar-refractivity contribution is 7.80. The number of anilines is 1. The first-order chi connectivity index (χ1) is 11.0. The minimum Gasteiger partial charge on any atom is -0.331 e. The van der Waals surface area contributed by atoms with E-state index in [2.05, 4.69) is 30.0 Å². The van der Waals surface area contributed by atoms with Crippen LogP contribution in [0.4, 0.5) is 10.1 Å². The van der Waals surface area contributed by atoms with Crippen molar-refractivity contribution in [2.45, 2.75) is 19.8 Å². The Hall–Kier alpha value is -2.47. The van der Waals surface area contributed by atoms with Gasteiger partial charge in [-0.3, -0.25) is 15.6 Å². The third-order valence-electron chi connectivity index (χ3n) is 3.23. The number of carbonyl (C=O) groups is 1. The van der Waals surface area contributed by atoms with E-state index in [0.29, 0.717) is 11.5 Å². The lowest BCUT2D eigenvalue weighted by atomic mass is 10.0. The number of hydrogen-bond donors (Lipinski definition) is 3. The normalized spacial score (nSPS) is 10.3. The predicted molar refractivity (Wildman–Crippen MR) is 93.8 cm³/mol. The van der Waals surface area contributed by atoms with Crippen LogP contribution in [0.25, 0.3) is 0 Å². The van der Waals surface area contributed by atoms with Crippen LogP contribution in [0.3, 0.4) is 0 Å². The van der Waals surface area contributed by atoms with Crippen LogP contribution in [0.1, 0.15) is 35.7 Å². The zero-order valence-electron chi connectivity index (χ0n) is 12.9. The SMILES string of the molecule is CC(C)c1ccc(NC(=S)NNC(=O)c2ccc(F)cc2)cc1.